The molecule has 1 N–H and O–H groups in total. The molecule has 0 bridgehead atoms. The first-order chi connectivity index (χ1) is 10.2. The first-order valence-corrected chi connectivity index (χ1v) is 8.80. The van der Waals surface area contributed by atoms with Gasteiger partial charge in [-0.15, -0.1) is 0 Å². The highest BCUT2D eigenvalue weighted by molar-refractivity contribution is 5.78. The molecule has 2 aliphatic rings. The molecular weight excluding hydrogens is 264 g/mol. The van der Waals surface area contributed by atoms with Crippen LogP contribution in [0, 0.1) is 5.41 Å². The summed E-state index contributed by atoms with van der Waals surface area (Å²) in [4.78, 5) is 14.1. The monoisotopic (exact) mass is 296 g/mol. The largest absolute Gasteiger partial charge is 0.378 e. The zero-order valence-electron chi connectivity index (χ0n) is 14.0. The minimum absolute atomic E-state index is 0.228. The average Bonchev–Trinajstić information content (AvgIpc) is 2.52. The number of nitrogens with one attached hydrogen (secondary N) is 1. The van der Waals surface area contributed by atoms with Crippen LogP contribution in [0.2, 0.25) is 0 Å². The number of ether oxygens (including phenoxy) is 1. The fourth-order valence-corrected chi connectivity index (χ4v) is 4.25. The van der Waals surface area contributed by atoms with Crippen LogP contribution in [0.15, 0.2) is 0 Å². The summed E-state index contributed by atoms with van der Waals surface area (Å²) in [5.41, 5.74) is 0.303. The lowest BCUT2D eigenvalue weighted by molar-refractivity contribution is -0.152. The highest BCUT2D eigenvalue weighted by Gasteiger charge is 2.55. The van der Waals surface area contributed by atoms with Gasteiger partial charge in [0, 0.05) is 31.2 Å². The Kier molecular flexibility index (Phi) is 6.06. The van der Waals surface area contributed by atoms with Gasteiger partial charge in [-0.05, 0) is 40.0 Å². The number of carbonyl (C=O) groups is 1. The van der Waals surface area contributed by atoms with Gasteiger partial charge in [0.05, 0.1) is 12.6 Å². The Morgan fingerprint density at radius 1 is 1.19 bits per heavy atom. The topological polar surface area (TPSA) is 41.6 Å². The molecule has 0 aromatic heterocycles. The molecule has 0 aliphatic heterocycles. The van der Waals surface area contributed by atoms with Gasteiger partial charge in [0.25, 0.3) is 0 Å². The molecular formula is C17H32N2O2. The van der Waals surface area contributed by atoms with Crippen LogP contribution in [0.25, 0.3) is 0 Å². The summed E-state index contributed by atoms with van der Waals surface area (Å²) in [7, 11) is 0. The van der Waals surface area contributed by atoms with Crippen molar-refractivity contribution in [2.75, 3.05) is 26.2 Å². The maximum absolute atomic E-state index is 12.2. The summed E-state index contributed by atoms with van der Waals surface area (Å²) in [6, 6.07) is 0.467. The summed E-state index contributed by atoms with van der Waals surface area (Å²) < 4.78 is 5.96. The van der Waals surface area contributed by atoms with Crippen LogP contribution in [0.5, 0.6) is 0 Å². The zero-order chi connectivity index (χ0) is 15.3. The van der Waals surface area contributed by atoms with Crippen molar-refractivity contribution in [3.8, 4) is 0 Å². The zero-order valence-corrected chi connectivity index (χ0v) is 14.0. The predicted octanol–water partition coefficient (Wildman–Crippen LogP) is 2.57. The number of amides is 1. The third-order valence-corrected chi connectivity index (χ3v) is 5.55. The van der Waals surface area contributed by atoms with Crippen LogP contribution in [0.4, 0.5) is 0 Å². The van der Waals surface area contributed by atoms with Crippen LogP contribution >= 0.6 is 0 Å². The quantitative estimate of drug-likeness (QED) is 0.785. The molecule has 0 heterocycles. The smallest absolute Gasteiger partial charge is 0.236 e. The van der Waals surface area contributed by atoms with Crippen LogP contribution in [0.1, 0.15) is 59.3 Å². The highest BCUT2D eigenvalue weighted by Crippen LogP contribution is 2.53. The van der Waals surface area contributed by atoms with Crippen molar-refractivity contribution in [1.82, 2.24) is 10.2 Å². The Labute approximate surface area is 129 Å². The Morgan fingerprint density at radius 2 is 1.86 bits per heavy atom. The number of likely N-dealkylation sites (N-methyl/N-ethyl adjacent to an activating group) is 1. The molecule has 1 amide bonds. The van der Waals surface area contributed by atoms with Crippen molar-refractivity contribution in [2.24, 2.45) is 5.41 Å². The molecule has 0 saturated heterocycles. The predicted molar refractivity (Wildman–Crippen MR) is 85.3 cm³/mol. The van der Waals surface area contributed by atoms with E-state index in [1.807, 2.05) is 18.7 Å². The van der Waals surface area contributed by atoms with E-state index in [-0.39, 0.29) is 5.91 Å². The standard InChI is InChI=1S/C17H32N2O2/c1-4-19(5-2)16(20)13-18-14-12-15(21-6-3)17(14)10-8-7-9-11-17/h14-15,18H,4-13H2,1-3H3. The molecule has 0 radical (unpaired) electrons. The van der Waals surface area contributed by atoms with Crippen LogP contribution < -0.4 is 5.32 Å². The van der Waals surface area contributed by atoms with E-state index in [1.165, 1.54) is 32.1 Å². The number of nitrogens with zero attached hydrogens (tertiary/aromatic N) is 1. The molecule has 2 fully saturated rings. The third kappa shape index (κ3) is 3.42. The second-order valence-corrected chi connectivity index (χ2v) is 6.47. The lowest BCUT2D eigenvalue weighted by atomic mass is 9.55. The molecule has 122 valence electrons. The summed E-state index contributed by atoms with van der Waals surface area (Å²) >= 11 is 0. The molecule has 2 saturated carbocycles. The van der Waals surface area contributed by atoms with Gasteiger partial charge >= 0.3 is 0 Å². The summed E-state index contributed by atoms with van der Waals surface area (Å²) in [5.74, 6) is 0.228. The molecule has 0 aromatic carbocycles. The van der Waals surface area contributed by atoms with E-state index >= 15 is 0 Å². The third-order valence-electron chi connectivity index (χ3n) is 5.55. The second-order valence-electron chi connectivity index (χ2n) is 6.47. The minimum Gasteiger partial charge on any atom is -0.378 e. The fourth-order valence-electron chi connectivity index (χ4n) is 4.25. The van der Waals surface area contributed by atoms with E-state index in [2.05, 4.69) is 12.2 Å². The van der Waals surface area contributed by atoms with E-state index in [0.717, 1.165) is 26.1 Å². The van der Waals surface area contributed by atoms with E-state index in [9.17, 15) is 4.79 Å². The maximum atomic E-state index is 12.2. The Balaban J connectivity index is 1.89. The van der Waals surface area contributed by atoms with Gasteiger partial charge in [0.1, 0.15) is 0 Å². The number of rotatable bonds is 7. The first kappa shape index (κ1) is 16.8. The van der Waals surface area contributed by atoms with Crippen LogP contribution in [0.3, 0.4) is 0 Å². The Bertz CT molecular complexity index is 336. The molecule has 2 rings (SSSR count). The number of hydrogen-bond acceptors (Lipinski definition) is 3. The van der Waals surface area contributed by atoms with Crippen molar-refractivity contribution in [1.29, 1.82) is 0 Å². The fraction of sp³-hybridized carbons (Fsp3) is 0.941. The van der Waals surface area contributed by atoms with Gasteiger partial charge in [-0.3, -0.25) is 4.79 Å². The van der Waals surface area contributed by atoms with E-state index in [0.29, 0.717) is 24.1 Å². The molecule has 21 heavy (non-hydrogen) atoms. The lowest BCUT2D eigenvalue weighted by Crippen LogP contribution is -2.65. The normalized spacial score (nSPS) is 27.4. The van der Waals surface area contributed by atoms with E-state index in [4.69, 9.17) is 4.74 Å². The highest BCUT2D eigenvalue weighted by atomic mass is 16.5. The second kappa shape index (κ2) is 7.59. The molecule has 0 aromatic rings. The molecule has 4 nitrogen and oxygen atoms in total. The van der Waals surface area contributed by atoms with Gasteiger partial charge in [-0.25, -0.2) is 0 Å². The summed E-state index contributed by atoms with van der Waals surface area (Å²) in [6.07, 6.45) is 7.97. The Morgan fingerprint density at radius 3 is 2.43 bits per heavy atom. The number of hydrogen-bond donors (Lipinski definition) is 1. The van der Waals surface area contributed by atoms with Crippen molar-refractivity contribution in [2.45, 2.75) is 71.4 Å². The van der Waals surface area contributed by atoms with Gasteiger partial charge in [-0.2, -0.15) is 0 Å². The summed E-state index contributed by atoms with van der Waals surface area (Å²) in [6.45, 7) is 9.05. The van der Waals surface area contributed by atoms with Gasteiger partial charge in [0.2, 0.25) is 5.91 Å². The first-order valence-electron chi connectivity index (χ1n) is 8.80. The molecule has 2 aliphatic carbocycles. The minimum atomic E-state index is 0.228. The van der Waals surface area contributed by atoms with Crippen LogP contribution in [-0.2, 0) is 9.53 Å². The van der Waals surface area contributed by atoms with Crippen LogP contribution in [-0.4, -0.2) is 49.2 Å². The van der Waals surface area contributed by atoms with Gasteiger partial charge < -0.3 is 15.0 Å². The van der Waals surface area contributed by atoms with Gasteiger partial charge in [0.15, 0.2) is 0 Å². The molecule has 4 heteroatoms. The van der Waals surface area contributed by atoms with Crippen molar-refractivity contribution >= 4 is 5.91 Å². The molecule has 1 spiro atoms. The summed E-state index contributed by atoms with van der Waals surface area (Å²) in [5, 5.41) is 3.55. The SMILES string of the molecule is CCOC1CC(NCC(=O)N(CC)CC)C12CCCCC2. The van der Waals surface area contributed by atoms with Crippen molar-refractivity contribution in [3.05, 3.63) is 0 Å². The molecule has 2 unspecified atom stereocenters. The van der Waals surface area contributed by atoms with Gasteiger partial charge in [-0.1, -0.05) is 19.3 Å². The van der Waals surface area contributed by atoms with Crippen molar-refractivity contribution in [3.63, 3.8) is 0 Å². The average molecular weight is 296 g/mol. The van der Waals surface area contributed by atoms with E-state index < -0.39 is 0 Å². The van der Waals surface area contributed by atoms with E-state index in [1.54, 1.807) is 0 Å². The number of carbonyl (C=O) groups excluding carboxylic acids is 1. The lowest BCUT2D eigenvalue weighted by Gasteiger charge is -2.58. The van der Waals surface area contributed by atoms with Crippen molar-refractivity contribution < 1.29 is 9.53 Å². The maximum Gasteiger partial charge on any atom is 0.236 e. The Hall–Kier alpha value is -0.610. The molecule has 2 atom stereocenters.